The molecule has 0 fully saturated rings. The summed E-state index contributed by atoms with van der Waals surface area (Å²) in [4.78, 5) is 0. The molecule has 0 aromatic carbocycles. The molecule has 0 saturated carbocycles. The van der Waals surface area contributed by atoms with Crippen molar-refractivity contribution in [2.45, 2.75) is 0 Å². The summed E-state index contributed by atoms with van der Waals surface area (Å²) in [7, 11) is 0. The van der Waals surface area contributed by atoms with Crippen molar-refractivity contribution < 1.29 is 139 Å². The molecule has 0 aliphatic rings. The molecule has 0 heterocycles. The fraction of sp³-hybridized carbons (Fsp3) is 0. The van der Waals surface area contributed by atoms with Crippen LogP contribution >= 0.6 is 0 Å². The zero-order valence-corrected chi connectivity index (χ0v) is 13.8. The molecule has 0 saturated heterocycles. The first kappa shape index (κ1) is 768. The van der Waals surface area contributed by atoms with Gasteiger partial charge in [0.05, 0.1) is 0 Å². The van der Waals surface area contributed by atoms with Gasteiger partial charge < -0.3 is 60.2 Å². The van der Waals surface area contributed by atoms with Gasteiger partial charge in [-0.2, -0.15) is 0 Å². The fourth-order valence-electron chi connectivity index (χ4n) is 0. The van der Waals surface area contributed by atoms with Crippen LogP contribution in [0.25, 0.3) is 0 Å². The smallest absolute Gasteiger partial charge is 2.00 e. The van der Waals surface area contributed by atoms with E-state index in [-0.39, 0.29) is 139 Å². The molecule has 0 amide bonds. The van der Waals surface area contributed by atoms with Crippen LogP contribution in [0.5, 0.6) is 0 Å². The Kier molecular flexibility index (Phi) is 34500. The molecule has 0 aromatic rings. The maximum absolute atomic E-state index is 0. The third-order valence-electron chi connectivity index (χ3n) is 0. The van der Waals surface area contributed by atoms with Crippen LogP contribution in [-0.4, -0.2) is 38.3 Å². The van der Waals surface area contributed by atoms with Crippen molar-refractivity contribution >= 4 is 0 Å². The second-order valence-electron chi connectivity index (χ2n) is 0. The van der Waals surface area contributed by atoms with E-state index >= 15 is 0 Å². The summed E-state index contributed by atoms with van der Waals surface area (Å²) in [6.07, 6.45) is 0. The van der Waals surface area contributed by atoms with Crippen molar-refractivity contribution in [1.29, 1.82) is 0 Å². The van der Waals surface area contributed by atoms with Gasteiger partial charge in [0.1, 0.15) is 0 Å². The van der Waals surface area contributed by atoms with Gasteiger partial charge in [0, 0.05) is 0 Å². The normalized spacial score (nSPS) is 0. The largest absolute Gasteiger partial charge is 4.00 e. The summed E-state index contributed by atoms with van der Waals surface area (Å²) >= 11 is 0. The van der Waals surface area contributed by atoms with Crippen LogP contribution in [0.3, 0.4) is 0 Å². The van der Waals surface area contributed by atoms with Gasteiger partial charge in [0.15, 0.2) is 0 Å². The molecule has 0 rings (SSSR count). The van der Waals surface area contributed by atoms with Crippen LogP contribution < -0.4 is 0 Å². The molecule has 0 radical (unpaired) electrons. The summed E-state index contributed by atoms with van der Waals surface area (Å²) in [6, 6.07) is 0. The number of hydrogen-bond donors (Lipinski definition) is 0. The van der Waals surface area contributed by atoms with Gasteiger partial charge >= 0.3 is 78.6 Å². The maximum Gasteiger partial charge on any atom is 4.00 e. The van der Waals surface area contributed by atoms with E-state index in [1.54, 1.807) is 0 Å². The van der Waals surface area contributed by atoms with Crippen molar-refractivity contribution in [2.24, 2.45) is 0 Å². The zero-order chi connectivity index (χ0) is 0. The Balaban J connectivity index is 0. The van der Waals surface area contributed by atoms with Gasteiger partial charge in [0.25, 0.3) is 0 Å². The Morgan fingerprint density at radius 3 is 0.286 bits per heavy atom. The Labute approximate surface area is 137 Å². The summed E-state index contributed by atoms with van der Waals surface area (Å²) in [5.74, 6) is 0. The van der Waals surface area contributed by atoms with Crippen LogP contribution in [0, 0.1) is 0 Å². The van der Waals surface area contributed by atoms with Crippen molar-refractivity contribution in [3.05, 3.63) is 0 Å². The fourth-order valence-corrected chi connectivity index (χ4v) is 0. The molecular weight excluding hydrogens is 450 g/mol. The third-order valence-corrected chi connectivity index (χ3v) is 0. The molecule has 11 nitrogen and oxygen atoms in total. The Hall–Kier alpha value is 2.21. The molecule has 0 aromatic heterocycles. The first-order valence-electron chi connectivity index (χ1n) is 0. The second kappa shape index (κ2) is 629. The van der Waals surface area contributed by atoms with Crippen molar-refractivity contribution in [1.82, 2.24) is 0 Å². The topological polar surface area (TPSA) is 328 Å². The monoisotopic (exact) mass is 456 g/mol. The molecule has 88 valence electrons. The first-order valence-corrected chi connectivity index (χ1v) is 0. The van der Waals surface area contributed by atoms with Crippen LogP contribution in [0.4, 0.5) is 0 Å². The molecule has 0 atom stereocenters. The van der Waals surface area contributed by atoms with Gasteiger partial charge in [-0.15, -0.1) is 0 Å². The second-order valence-corrected chi connectivity index (χ2v) is 0. The quantitative estimate of drug-likeness (QED) is 0.353. The molecule has 0 unspecified atom stereocenters. The molecule has 14 heteroatoms. The predicted molar refractivity (Wildman–Crippen MR) is 21.3 cm³/mol. The van der Waals surface area contributed by atoms with E-state index in [2.05, 4.69) is 0 Å². The van der Waals surface area contributed by atoms with Crippen LogP contribution in [-0.2, 0) is 101 Å². The van der Waals surface area contributed by atoms with E-state index in [0.29, 0.717) is 0 Å². The Morgan fingerprint density at radius 2 is 0.286 bits per heavy atom. The Morgan fingerprint density at radius 1 is 0.286 bits per heavy atom. The van der Waals surface area contributed by atoms with Crippen LogP contribution in [0.15, 0.2) is 0 Å². The van der Waals surface area contributed by atoms with Crippen molar-refractivity contribution in [3.8, 4) is 0 Å². The van der Waals surface area contributed by atoms with E-state index < -0.39 is 0 Å². The maximum atomic E-state index is 0. The molecule has 0 aliphatic heterocycles. The van der Waals surface area contributed by atoms with E-state index in [1.165, 1.54) is 0 Å². The van der Waals surface area contributed by atoms with Gasteiger partial charge in [0.2, 0.25) is 0 Å². The average molecular weight is 460 g/mol. The summed E-state index contributed by atoms with van der Waals surface area (Å²) in [5.41, 5.74) is 0. The van der Waals surface area contributed by atoms with Gasteiger partial charge in [-0.25, -0.2) is 0 Å². The number of rotatable bonds is 0. The minimum Gasteiger partial charge on any atom is -2.00 e. The molecule has 10 N–H and O–H groups in total. The minimum atomic E-state index is 0. The summed E-state index contributed by atoms with van der Waals surface area (Å²) in [6.45, 7) is 0. The molecule has 0 aliphatic carbocycles. The first-order chi connectivity index (χ1) is 0. The third kappa shape index (κ3) is 508. The summed E-state index contributed by atoms with van der Waals surface area (Å²) in [5, 5.41) is 0. The standard InChI is InChI=1S/7H2O.4O.3Zr/h7*1H2;;;;;;;/q;;;;;;;4*-2;3*+4/p-4. The molecule has 14 heavy (non-hydrogen) atoms. The van der Waals surface area contributed by atoms with E-state index in [0.717, 1.165) is 0 Å². The van der Waals surface area contributed by atoms with E-state index in [4.69, 9.17) is 0 Å². The van der Waals surface area contributed by atoms with Gasteiger partial charge in [-0.3, -0.25) is 0 Å². The van der Waals surface area contributed by atoms with Crippen LogP contribution in [0.2, 0.25) is 0 Å². The number of hydrogen-bond acceptors (Lipinski definition) is 4. The van der Waals surface area contributed by atoms with Crippen molar-refractivity contribution in [2.75, 3.05) is 0 Å². The SMILES string of the molecule is O.O.O.[O-2].[O-2].[O-2].[O-2].[OH-].[OH-].[OH-].[OH-].[Zr+4].[Zr+4].[Zr+4]. The minimum absolute atomic E-state index is 0. The van der Waals surface area contributed by atoms with Crippen LogP contribution in [0.1, 0.15) is 0 Å². The van der Waals surface area contributed by atoms with Gasteiger partial charge in [-0.1, -0.05) is 0 Å². The average Bonchev–Trinajstić information content (AvgIpc) is 0. The predicted octanol–water partition coefficient (Wildman–Crippen LogP) is -3.66. The van der Waals surface area contributed by atoms with Gasteiger partial charge in [-0.05, 0) is 0 Å². The molecular formula is H10O11Zr3. The zero-order valence-electron chi connectivity index (χ0n) is 6.42. The van der Waals surface area contributed by atoms with E-state index in [1.807, 2.05) is 0 Å². The Bertz CT molecular complexity index is 10.5. The van der Waals surface area contributed by atoms with E-state index in [9.17, 15) is 0 Å². The molecule has 0 bridgehead atoms. The van der Waals surface area contributed by atoms with Crippen molar-refractivity contribution in [3.63, 3.8) is 0 Å². The molecule has 0 spiro atoms. The summed E-state index contributed by atoms with van der Waals surface area (Å²) < 4.78 is 0.